The van der Waals surface area contributed by atoms with Gasteiger partial charge in [-0.25, -0.2) is 4.79 Å². The summed E-state index contributed by atoms with van der Waals surface area (Å²) in [5, 5.41) is 18.8. The van der Waals surface area contributed by atoms with Gasteiger partial charge in [-0.2, -0.15) is 0 Å². The number of carboxylic acid groups (broad SMARTS) is 1. The number of hydrogen-bond donors (Lipinski definition) is 3. The van der Waals surface area contributed by atoms with Gasteiger partial charge in [0, 0.05) is 11.3 Å². The number of rotatable bonds is 5. The zero-order chi connectivity index (χ0) is 16.6. The molecule has 2 atom stereocenters. The average molecular weight is 342 g/mol. The molecule has 0 bridgehead atoms. The predicted octanol–water partition coefficient (Wildman–Crippen LogP) is -0.439. The van der Waals surface area contributed by atoms with Crippen LogP contribution in [0, 0.1) is 0 Å². The highest BCUT2D eigenvalue weighted by molar-refractivity contribution is 8.00. The van der Waals surface area contributed by atoms with E-state index in [4.69, 9.17) is 5.73 Å². The molecule has 2 saturated heterocycles. The van der Waals surface area contributed by atoms with Gasteiger partial charge < -0.3 is 20.4 Å². The summed E-state index contributed by atoms with van der Waals surface area (Å²) in [7, 11) is 0. The first kappa shape index (κ1) is 16.8. The van der Waals surface area contributed by atoms with Crippen molar-refractivity contribution in [3.05, 3.63) is 11.3 Å². The van der Waals surface area contributed by atoms with Crippen molar-refractivity contribution >= 4 is 23.6 Å². The minimum Gasteiger partial charge on any atom is -0.477 e. The molecule has 0 aliphatic carbocycles. The molecule has 7 nitrogen and oxygen atoms in total. The minimum atomic E-state index is -1.05. The van der Waals surface area contributed by atoms with Crippen LogP contribution in [0.3, 0.4) is 0 Å². The number of likely N-dealkylation sites (tertiary alicyclic amines) is 1. The monoisotopic (exact) mass is 342 g/mol. The Balaban J connectivity index is 1.89. The minimum absolute atomic E-state index is 0.0962. The van der Waals surface area contributed by atoms with Gasteiger partial charge in [0.25, 0.3) is 0 Å². The highest BCUT2D eigenvalue weighted by Crippen LogP contribution is 2.40. The van der Waals surface area contributed by atoms with Crippen molar-refractivity contribution < 1.29 is 24.3 Å². The van der Waals surface area contributed by atoms with Crippen molar-refractivity contribution in [1.82, 2.24) is 4.90 Å². The number of carbonyl (C=O) groups excluding carboxylic acids is 1. The molecule has 3 heterocycles. The molecule has 8 heteroatoms. The summed E-state index contributed by atoms with van der Waals surface area (Å²) in [6, 6.07) is -0.591. The Kier molecular flexibility index (Phi) is 4.68. The molecule has 2 fully saturated rings. The van der Waals surface area contributed by atoms with E-state index in [0.717, 1.165) is 36.0 Å². The van der Waals surface area contributed by atoms with Gasteiger partial charge in [0.15, 0.2) is 0 Å². The number of piperidine rings is 1. The van der Waals surface area contributed by atoms with Crippen molar-refractivity contribution in [1.29, 1.82) is 0 Å². The molecule has 23 heavy (non-hydrogen) atoms. The van der Waals surface area contributed by atoms with Crippen molar-refractivity contribution in [2.24, 2.45) is 5.73 Å². The van der Waals surface area contributed by atoms with Crippen LogP contribution in [-0.2, 0) is 9.59 Å². The first-order valence-corrected chi connectivity index (χ1v) is 9.15. The van der Waals surface area contributed by atoms with E-state index in [9.17, 15) is 19.8 Å². The van der Waals surface area contributed by atoms with Crippen molar-refractivity contribution in [2.45, 2.75) is 30.7 Å². The summed E-state index contributed by atoms with van der Waals surface area (Å²) in [5.41, 5.74) is 6.70. The molecule has 1 amide bonds. The summed E-state index contributed by atoms with van der Waals surface area (Å²) in [6.45, 7) is 3.24. The van der Waals surface area contributed by atoms with E-state index in [-0.39, 0.29) is 23.6 Å². The predicted molar refractivity (Wildman–Crippen MR) is 86.4 cm³/mol. The van der Waals surface area contributed by atoms with E-state index in [1.807, 2.05) is 0 Å². The quantitative estimate of drug-likeness (QED) is 0.462. The molecule has 2 unspecified atom stereocenters. The molecule has 4 N–H and O–H groups in total. The second kappa shape index (κ2) is 6.43. The maximum absolute atomic E-state index is 12.0. The van der Waals surface area contributed by atoms with Gasteiger partial charge in [0.05, 0.1) is 19.7 Å². The number of β-lactam (4-membered cyclic amide) rings is 1. The Morgan fingerprint density at radius 3 is 2.65 bits per heavy atom. The van der Waals surface area contributed by atoms with Crippen molar-refractivity contribution in [2.75, 3.05) is 38.5 Å². The standard InChI is InChI=1S/C15H23N3O4S/c16-11-13(20)17-12(15(21)22)10(9-23-14(11)17)8-18(6-7-19)4-2-1-3-5-18/h11,14,19H,1-9,16H2/p+1. The molecule has 128 valence electrons. The lowest BCUT2D eigenvalue weighted by Crippen LogP contribution is -2.69. The Bertz CT molecular complexity index is 539. The molecule has 3 rings (SSSR count). The summed E-state index contributed by atoms with van der Waals surface area (Å²) in [5.74, 6) is -0.760. The lowest BCUT2D eigenvalue weighted by molar-refractivity contribution is -0.928. The first-order valence-electron chi connectivity index (χ1n) is 8.11. The van der Waals surface area contributed by atoms with Gasteiger partial charge in [0.2, 0.25) is 5.91 Å². The maximum atomic E-state index is 12.0. The number of carbonyl (C=O) groups is 2. The fourth-order valence-corrected chi connectivity index (χ4v) is 5.24. The van der Waals surface area contributed by atoms with Crippen molar-refractivity contribution in [3.8, 4) is 0 Å². The number of nitrogens with zero attached hydrogens (tertiary/aromatic N) is 2. The van der Waals surface area contributed by atoms with Crippen LogP contribution in [0.5, 0.6) is 0 Å². The number of fused-ring (bicyclic) bond motifs is 1. The molecule has 0 aromatic heterocycles. The van der Waals surface area contributed by atoms with E-state index < -0.39 is 12.0 Å². The average Bonchev–Trinajstić information content (AvgIpc) is 2.54. The van der Waals surface area contributed by atoms with Gasteiger partial charge in [-0.05, 0) is 19.3 Å². The number of aliphatic hydroxyl groups excluding tert-OH is 1. The second-order valence-corrected chi connectivity index (χ2v) is 7.75. The van der Waals surface area contributed by atoms with E-state index >= 15 is 0 Å². The number of aliphatic carboxylic acids is 1. The van der Waals surface area contributed by atoms with E-state index in [1.165, 1.54) is 11.3 Å². The zero-order valence-corrected chi connectivity index (χ0v) is 13.9. The molecule has 3 aliphatic heterocycles. The molecule has 0 saturated carbocycles. The van der Waals surface area contributed by atoms with Gasteiger partial charge in [0.1, 0.15) is 30.2 Å². The first-order chi connectivity index (χ1) is 11.0. The molecule has 0 radical (unpaired) electrons. The normalized spacial score (nSPS) is 30.0. The Labute approximate surface area is 139 Å². The number of carboxylic acids is 1. The summed E-state index contributed by atoms with van der Waals surface area (Å²) in [6.07, 6.45) is 3.38. The third kappa shape index (κ3) is 2.88. The van der Waals surface area contributed by atoms with Crippen LogP contribution in [-0.4, -0.2) is 81.4 Å². The van der Waals surface area contributed by atoms with Crippen LogP contribution in [0.15, 0.2) is 11.3 Å². The molecule has 0 aromatic rings. The number of quaternary nitrogens is 1. The molecular formula is C15H24N3O4S+. The SMILES string of the molecule is NC1C(=O)N2C(C(=O)O)=C(C[N+]3(CCO)CCCCC3)CSC12. The summed E-state index contributed by atoms with van der Waals surface area (Å²) in [4.78, 5) is 25.1. The lowest BCUT2D eigenvalue weighted by Gasteiger charge is -2.49. The number of amides is 1. The number of hydrogen-bond acceptors (Lipinski definition) is 5. The number of nitrogens with two attached hydrogens (primary N) is 1. The number of thioether (sulfide) groups is 1. The van der Waals surface area contributed by atoms with E-state index in [2.05, 4.69) is 0 Å². The topological polar surface area (TPSA) is 104 Å². The Hall–Kier alpha value is -1.09. The summed E-state index contributed by atoms with van der Waals surface area (Å²) >= 11 is 1.55. The Morgan fingerprint density at radius 1 is 1.35 bits per heavy atom. The van der Waals surface area contributed by atoms with E-state index in [0.29, 0.717) is 18.8 Å². The highest BCUT2D eigenvalue weighted by Gasteiger charge is 2.52. The van der Waals surface area contributed by atoms with Gasteiger partial charge in [-0.1, -0.05) is 0 Å². The Morgan fingerprint density at radius 2 is 2.04 bits per heavy atom. The van der Waals surface area contributed by atoms with Crippen LogP contribution in [0.1, 0.15) is 19.3 Å². The number of aliphatic hydroxyl groups is 1. The third-order valence-corrected chi connectivity index (χ3v) is 6.52. The molecule has 0 aromatic carbocycles. The molecular weight excluding hydrogens is 318 g/mol. The fourth-order valence-electron chi connectivity index (χ4n) is 3.96. The van der Waals surface area contributed by atoms with Gasteiger partial charge in [-0.15, -0.1) is 11.8 Å². The second-order valence-electron chi connectivity index (χ2n) is 6.65. The highest BCUT2D eigenvalue weighted by atomic mass is 32.2. The van der Waals surface area contributed by atoms with Crippen LogP contribution in [0.4, 0.5) is 0 Å². The smallest absolute Gasteiger partial charge is 0.352 e. The largest absolute Gasteiger partial charge is 0.477 e. The van der Waals surface area contributed by atoms with Crippen LogP contribution in [0.2, 0.25) is 0 Å². The fraction of sp³-hybridized carbons (Fsp3) is 0.733. The van der Waals surface area contributed by atoms with Crippen molar-refractivity contribution in [3.63, 3.8) is 0 Å². The maximum Gasteiger partial charge on any atom is 0.352 e. The van der Waals surface area contributed by atoms with E-state index in [1.54, 1.807) is 11.8 Å². The van der Waals surface area contributed by atoms with Gasteiger partial charge >= 0.3 is 5.97 Å². The van der Waals surface area contributed by atoms with Crippen LogP contribution < -0.4 is 5.73 Å². The third-order valence-electron chi connectivity index (χ3n) is 5.16. The van der Waals surface area contributed by atoms with Crippen LogP contribution in [0.25, 0.3) is 0 Å². The van der Waals surface area contributed by atoms with Gasteiger partial charge in [-0.3, -0.25) is 9.69 Å². The molecule has 3 aliphatic rings. The molecule has 0 spiro atoms. The van der Waals surface area contributed by atoms with Crippen LogP contribution >= 0.6 is 11.8 Å². The zero-order valence-electron chi connectivity index (χ0n) is 13.1. The lowest BCUT2D eigenvalue weighted by atomic mass is 10.0. The summed E-state index contributed by atoms with van der Waals surface area (Å²) < 4.78 is 0.724.